The van der Waals surface area contributed by atoms with E-state index >= 15 is 0 Å². The molecule has 2 aromatic rings. The Bertz CT molecular complexity index is 1610. The lowest BCUT2D eigenvalue weighted by Gasteiger charge is -2.58. The number of piperidine rings is 1. The Balaban J connectivity index is 0.000000150. The van der Waals surface area contributed by atoms with E-state index < -0.39 is 5.60 Å². The van der Waals surface area contributed by atoms with Gasteiger partial charge in [-0.3, -0.25) is 4.79 Å². The van der Waals surface area contributed by atoms with Crippen LogP contribution in [0.5, 0.6) is 11.5 Å². The number of nitrogens with zero attached hydrogens (tertiary/aromatic N) is 2. The number of hydrogen-bond acceptors (Lipinski definition) is 6. The molecule has 4 fully saturated rings. The zero-order valence-corrected chi connectivity index (χ0v) is 27.2. The molecule has 7 nitrogen and oxygen atoms in total. The average molecular weight is 623 g/mol. The lowest BCUT2D eigenvalue weighted by Crippen LogP contribution is -2.54. The van der Waals surface area contributed by atoms with Crippen LogP contribution >= 0.6 is 0 Å². The third kappa shape index (κ3) is 5.29. The predicted octanol–water partition coefficient (Wildman–Crippen LogP) is 7.22. The smallest absolute Gasteiger partial charge is 0.246 e. The number of allylic oxidation sites excluding steroid dienone is 3. The fourth-order valence-electron chi connectivity index (χ4n) is 9.68. The van der Waals surface area contributed by atoms with E-state index in [-0.39, 0.29) is 23.5 Å². The summed E-state index contributed by atoms with van der Waals surface area (Å²) in [5.41, 5.74) is 3.01. The number of hydrogen-bond donors (Lipinski definition) is 1. The van der Waals surface area contributed by atoms with Crippen LogP contribution < -0.4 is 9.47 Å². The van der Waals surface area contributed by atoms with Crippen molar-refractivity contribution in [2.75, 3.05) is 19.9 Å². The molecule has 2 aliphatic heterocycles. The summed E-state index contributed by atoms with van der Waals surface area (Å²) >= 11 is 0. The third-order valence-electron chi connectivity index (χ3n) is 12.4. The van der Waals surface area contributed by atoms with Gasteiger partial charge in [0.25, 0.3) is 0 Å². The quantitative estimate of drug-likeness (QED) is 0.221. The number of amides is 1. The first-order chi connectivity index (χ1) is 22.2. The summed E-state index contributed by atoms with van der Waals surface area (Å²) in [6.45, 7) is 6.76. The van der Waals surface area contributed by atoms with Crippen molar-refractivity contribution in [1.29, 1.82) is 0 Å². The minimum absolute atomic E-state index is 0.102. The van der Waals surface area contributed by atoms with Crippen LogP contribution in [0.3, 0.4) is 0 Å². The van der Waals surface area contributed by atoms with Crippen molar-refractivity contribution in [2.24, 2.45) is 28.6 Å². The maximum Gasteiger partial charge on any atom is 0.246 e. The second kappa shape index (κ2) is 12.1. The molecule has 1 N–H and O–H groups in total. The molecule has 6 atom stereocenters. The highest BCUT2D eigenvalue weighted by Crippen LogP contribution is 2.67. The van der Waals surface area contributed by atoms with E-state index in [1.165, 1.54) is 18.4 Å². The van der Waals surface area contributed by atoms with Crippen LogP contribution in [-0.2, 0) is 11.2 Å². The van der Waals surface area contributed by atoms with Crippen LogP contribution in [0, 0.1) is 40.9 Å². The molecule has 0 spiro atoms. The van der Waals surface area contributed by atoms with Crippen molar-refractivity contribution in [3.63, 3.8) is 0 Å². The molecule has 0 bridgehead atoms. The van der Waals surface area contributed by atoms with Gasteiger partial charge in [-0.1, -0.05) is 54.8 Å². The number of aromatic nitrogens is 1. The van der Waals surface area contributed by atoms with Gasteiger partial charge in [0, 0.05) is 30.1 Å². The standard InChI is InChI=1S/C22H27NO2.C17H19NO3/c1-4-22(24)10-8-18-16-6-5-15-11-19-14(13-23-25-19)12-20(15,2)17(16)7-9-21(18,22)3;19-17(18-10-4-1-5-11-18)7-3-2-6-14-8-9-15-16(12-14)21-13-20-15/h1,11,13,16-18,24H,5-10,12H2,2-3H3;2-3,6-9,12H,1,4-5,10-11,13H2. The molecule has 6 aliphatic rings. The number of likely N-dealkylation sites (tertiary alicyclic amines) is 1. The second-order valence-corrected chi connectivity index (χ2v) is 14.6. The van der Waals surface area contributed by atoms with Gasteiger partial charge < -0.3 is 24.0 Å². The summed E-state index contributed by atoms with van der Waals surface area (Å²) in [5, 5.41) is 15.1. The molecule has 4 aliphatic carbocycles. The molecule has 7 heteroatoms. The molecule has 8 rings (SSSR count). The van der Waals surface area contributed by atoms with Crippen LogP contribution in [-0.4, -0.2) is 46.6 Å². The predicted molar refractivity (Wildman–Crippen MR) is 178 cm³/mol. The topological polar surface area (TPSA) is 85.0 Å². The van der Waals surface area contributed by atoms with E-state index in [1.807, 2.05) is 41.4 Å². The Kier molecular flexibility index (Phi) is 8.13. The van der Waals surface area contributed by atoms with Gasteiger partial charge in [-0.25, -0.2) is 0 Å². The summed E-state index contributed by atoms with van der Waals surface area (Å²) in [4.78, 5) is 13.8. The molecule has 1 saturated heterocycles. The second-order valence-electron chi connectivity index (χ2n) is 14.6. The molecule has 242 valence electrons. The number of terminal acetylenes is 1. The molecule has 0 radical (unpaired) electrons. The highest BCUT2D eigenvalue weighted by Gasteiger charge is 2.63. The molecular formula is C39H46N2O5. The maximum atomic E-state index is 11.9. The highest BCUT2D eigenvalue weighted by atomic mass is 16.7. The van der Waals surface area contributed by atoms with Gasteiger partial charge in [0.05, 0.1) is 6.20 Å². The van der Waals surface area contributed by atoms with E-state index in [0.29, 0.717) is 17.8 Å². The number of carbonyl (C=O) groups is 1. The lowest BCUT2D eigenvalue weighted by molar-refractivity contribution is -0.126. The first kappa shape index (κ1) is 30.9. The van der Waals surface area contributed by atoms with Crippen LogP contribution in [0.1, 0.15) is 88.5 Å². The SMILES string of the molecule is C#CC1(O)CCC2C3CCC4=Cc5oncc5CC4(C)C3CCC21C.O=C(C=CC=Cc1ccc2c(c1)OCO2)N1CCCCC1. The Morgan fingerprint density at radius 2 is 1.87 bits per heavy atom. The van der Waals surface area contributed by atoms with Crippen molar-refractivity contribution >= 4 is 18.1 Å². The van der Waals surface area contributed by atoms with E-state index in [4.69, 9.17) is 20.4 Å². The van der Waals surface area contributed by atoms with Crippen LogP contribution in [0.15, 0.2) is 52.7 Å². The van der Waals surface area contributed by atoms with E-state index in [0.717, 1.165) is 87.3 Å². The zero-order chi connectivity index (χ0) is 31.9. The minimum atomic E-state index is -0.909. The van der Waals surface area contributed by atoms with Crippen molar-refractivity contribution in [3.05, 3.63) is 65.1 Å². The zero-order valence-electron chi connectivity index (χ0n) is 27.2. The summed E-state index contributed by atoms with van der Waals surface area (Å²) in [6, 6.07) is 5.79. The highest BCUT2D eigenvalue weighted by molar-refractivity contribution is 5.88. The van der Waals surface area contributed by atoms with E-state index in [2.05, 4.69) is 31.0 Å². The maximum absolute atomic E-state index is 11.9. The monoisotopic (exact) mass is 622 g/mol. The average Bonchev–Trinajstić information content (AvgIpc) is 3.80. The van der Waals surface area contributed by atoms with Crippen molar-refractivity contribution in [3.8, 4) is 23.8 Å². The molecule has 3 saturated carbocycles. The van der Waals surface area contributed by atoms with Crippen molar-refractivity contribution in [2.45, 2.75) is 83.7 Å². The Morgan fingerprint density at radius 3 is 2.70 bits per heavy atom. The van der Waals surface area contributed by atoms with Gasteiger partial charge in [0.15, 0.2) is 17.3 Å². The third-order valence-corrected chi connectivity index (χ3v) is 12.4. The fraction of sp³-hybridized carbons (Fsp3) is 0.538. The van der Waals surface area contributed by atoms with Crippen molar-refractivity contribution in [1.82, 2.24) is 10.1 Å². The van der Waals surface area contributed by atoms with Gasteiger partial charge in [0.2, 0.25) is 12.7 Å². The number of ether oxygens (including phenoxy) is 2. The molecule has 3 heterocycles. The molecule has 1 amide bonds. The van der Waals surface area contributed by atoms with Gasteiger partial charge in [-0.2, -0.15) is 0 Å². The van der Waals surface area contributed by atoms with Gasteiger partial charge in [-0.15, -0.1) is 6.42 Å². The Hall–Kier alpha value is -3.76. The molecule has 1 aromatic heterocycles. The molecular weight excluding hydrogens is 576 g/mol. The Morgan fingerprint density at radius 1 is 1.07 bits per heavy atom. The summed E-state index contributed by atoms with van der Waals surface area (Å²) in [5.74, 6) is 7.29. The van der Waals surface area contributed by atoms with Gasteiger partial charge in [-0.05, 0) is 111 Å². The minimum Gasteiger partial charge on any atom is -0.454 e. The number of fused-ring (bicyclic) bond motifs is 7. The molecule has 46 heavy (non-hydrogen) atoms. The summed E-state index contributed by atoms with van der Waals surface area (Å²) in [6.07, 6.45) is 28.1. The summed E-state index contributed by atoms with van der Waals surface area (Å²) < 4.78 is 16.0. The normalized spacial score (nSPS) is 34.1. The Labute approximate surface area is 272 Å². The molecule has 6 unspecified atom stereocenters. The first-order valence-electron chi connectivity index (χ1n) is 17.1. The van der Waals surface area contributed by atoms with Gasteiger partial charge >= 0.3 is 0 Å². The van der Waals surface area contributed by atoms with E-state index in [1.54, 1.807) is 17.7 Å². The number of aliphatic hydroxyl groups is 1. The van der Waals surface area contributed by atoms with Crippen LogP contribution in [0.4, 0.5) is 0 Å². The van der Waals surface area contributed by atoms with E-state index in [9.17, 15) is 9.90 Å². The largest absolute Gasteiger partial charge is 0.454 e. The number of benzene rings is 1. The van der Waals surface area contributed by atoms with Crippen molar-refractivity contribution < 1.29 is 23.9 Å². The fourth-order valence-corrected chi connectivity index (χ4v) is 9.68. The lowest BCUT2D eigenvalue weighted by atomic mass is 9.46. The number of carbonyl (C=O) groups excluding carboxylic acids is 1. The first-order valence-corrected chi connectivity index (χ1v) is 17.1. The molecule has 1 aromatic carbocycles. The van der Waals surface area contributed by atoms with Crippen LogP contribution in [0.25, 0.3) is 12.2 Å². The van der Waals surface area contributed by atoms with Gasteiger partial charge in [0.1, 0.15) is 5.60 Å². The summed E-state index contributed by atoms with van der Waals surface area (Å²) in [7, 11) is 0. The van der Waals surface area contributed by atoms with Crippen LogP contribution in [0.2, 0.25) is 0 Å². The number of rotatable bonds is 3.